The van der Waals surface area contributed by atoms with Crippen molar-refractivity contribution in [1.29, 1.82) is 0 Å². The van der Waals surface area contributed by atoms with Crippen LogP contribution < -0.4 is 16.2 Å². The van der Waals surface area contributed by atoms with Crippen LogP contribution in [0.2, 0.25) is 0 Å². The number of aromatic nitrogens is 2. The van der Waals surface area contributed by atoms with E-state index in [1.165, 1.54) is 0 Å². The second-order valence-electron chi connectivity index (χ2n) is 7.01. The van der Waals surface area contributed by atoms with Crippen molar-refractivity contribution in [1.82, 2.24) is 14.9 Å². The largest absolute Gasteiger partial charge is 0.356 e. The van der Waals surface area contributed by atoms with Crippen LogP contribution in [-0.4, -0.2) is 48.1 Å². The van der Waals surface area contributed by atoms with Crippen molar-refractivity contribution in [3.63, 3.8) is 0 Å². The predicted molar refractivity (Wildman–Crippen MR) is 87.5 cm³/mol. The van der Waals surface area contributed by atoms with Crippen molar-refractivity contribution in [2.24, 2.45) is 5.84 Å². The van der Waals surface area contributed by atoms with Crippen LogP contribution in [0.1, 0.15) is 39.4 Å². The lowest BCUT2D eigenvalue weighted by Crippen LogP contribution is -2.42. The van der Waals surface area contributed by atoms with Crippen LogP contribution in [0.3, 0.4) is 0 Å². The molecule has 0 atom stereocenters. The summed E-state index contributed by atoms with van der Waals surface area (Å²) in [5, 5.41) is 0. The van der Waals surface area contributed by atoms with E-state index < -0.39 is 0 Å². The summed E-state index contributed by atoms with van der Waals surface area (Å²) >= 11 is 0. The highest BCUT2D eigenvalue weighted by atomic mass is 15.3. The lowest BCUT2D eigenvalue weighted by atomic mass is 9.95. The van der Waals surface area contributed by atoms with E-state index >= 15 is 0 Å². The third kappa shape index (κ3) is 3.83. The summed E-state index contributed by atoms with van der Waals surface area (Å²) in [7, 11) is 4.30. The number of rotatable bonds is 3. The van der Waals surface area contributed by atoms with Crippen molar-refractivity contribution in [3.8, 4) is 0 Å². The zero-order chi connectivity index (χ0) is 15.6. The van der Waals surface area contributed by atoms with Gasteiger partial charge in [0.15, 0.2) is 0 Å². The molecule has 0 aromatic carbocycles. The van der Waals surface area contributed by atoms with Gasteiger partial charge in [0.25, 0.3) is 0 Å². The average Bonchev–Trinajstić information content (AvgIpc) is 2.46. The fourth-order valence-corrected chi connectivity index (χ4v) is 2.62. The fourth-order valence-electron chi connectivity index (χ4n) is 2.62. The zero-order valence-electron chi connectivity index (χ0n) is 13.8. The molecule has 1 saturated heterocycles. The number of nitrogen functional groups attached to an aromatic ring is 1. The first-order valence-corrected chi connectivity index (χ1v) is 7.59. The molecule has 3 N–H and O–H groups in total. The van der Waals surface area contributed by atoms with Crippen LogP contribution >= 0.6 is 0 Å². The lowest BCUT2D eigenvalue weighted by Gasteiger charge is -2.36. The second-order valence-corrected chi connectivity index (χ2v) is 7.01. The summed E-state index contributed by atoms with van der Waals surface area (Å²) in [6.07, 6.45) is 2.32. The van der Waals surface area contributed by atoms with Crippen molar-refractivity contribution in [2.75, 3.05) is 37.5 Å². The maximum absolute atomic E-state index is 5.56. The molecule has 1 aromatic heterocycles. The van der Waals surface area contributed by atoms with Crippen LogP contribution in [0.5, 0.6) is 0 Å². The summed E-state index contributed by atoms with van der Waals surface area (Å²) in [5.74, 6) is 8.03. The SMILES string of the molecule is CN(C)C1CCN(c2cc(NN)nc(C(C)(C)C)n2)CC1. The summed E-state index contributed by atoms with van der Waals surface area (Å²) in [5.41, 5.74) is 2.57. The minimum atomic E-state index is -0.0937. The number of hydrogen-bond donors (Lipinski definition) is 2. The van der Waals surface area contributed by atoms with Crippen molar-refractivity contribution in [3.05, 3.63) is 11.9 Å². The summed E-state index contributed by atoms with van der Waals surface area (Å²) < 4.78 is 0. The number of piperidine rings is 1. The normalized spacial score (nSPS) is 17.4. The Bertz CT molecular complexity index is 472. The van der Waals surface area contributed by atoms with Gasteiger partial charge in [0.2, 0.25) is 0 Å². The molecule has 0 spiro atoms. The number of nitrogens with two attached hydrogens (primary N) is 1. The first kappa shape index (κ1) is 16.0. The summed E-state index contributed by atoms with van der Waals surface area (Å²) in [6, 6.07) is 2.60. The molecule has 1 aliphatic rings. The molecule has 21 heavy (non-hydrogen) atoms. The summed E-state index contributed by atoms with van der Waals surface area (Å²) in [4.78, 5) is 13.9. The van der Waals surface area contributed by atoms with E-state index in [-0.39, 0.29) is 5.41 Å². The van der Waals surface area contributed by atoms with E-state index in [2.05, 4.69) is 55.1 Å². The molecule has 6 nitrogen and oxygen atoms in total. The van der Waals surface area contributed by atoms with Gasteiger partial charge >= 0.3 is 0 Å². The first-order valence-electron chi connectivity index (χ1n) is 7.59. The Labute approximate surface area is 127 Å². The first-order chi connectivity index (χ1) is 9.81. The molecule has 118 valence electrons. The number of nitrogens with zero attached hydrogens (tertiary/aromatic N) is 4. The Hall–Kier alpha value is -1.40. The number of hydrazine groups is 1. The quantitative estimate of drug-likeness (QED) is 0.651. The van der Waals surface area contributed by atoms with Gasteiger partial charge in [-0.3, -0.25) is 0 Å². The molecule has 1 fully saturated rings. The molecule has 0 radical (unpaired) electrons. The van der Waals surface area contributed by atoms with E-state index in [9.17, 15) is 0 Å². The van der Waals surface area contributed by atoms with Gasteiger partial charge in [-0.1, -0.05) is 20.8 Å². The van der Waals surface area contributed by atoms with Gasteiger partial charge < -0.3 is 15.2 Å². The molecule has 0 aliphatic carbocycles. The van der Waals surface area contributed by atoms with Crippen LogP contribution in [-0.2, 0) is 5.41 Å². The predicted octanol–water partition coefficient (Wildman–Crippen LogP) is 1.59. The van der Waals surface area contributed by atoms with Gasteiger partial charge in [-0.25, -0.2) is 15.8 Å². The Kier molecular flexibility index (Phi) is 4.68. The van der Waals surface area contributed by atoms with Crippen LogP contribution in [0.25, 0.3) is 0 Å². The Morgan fingerprint density at radius 2 is 1.86 bits per heavy atom. The van der Waals surface area contributed by atoms with Gasteiger partial charge in [-0.05, 0) is 26.9 Å². The second kappa shape index (κ2) is 6.15. The molecule has 2 rings (SSSR count). The van der Waals surface area contributed by atoms with Crippen LogP contribution in [0.15, 0.2) is 6.07 Å². The van der Waals surface area contributed by atoms with Gasteiger partial charge in [0, 0.05) is 30.6 Å². The highest BCUT2D eigenvalue weighted by molar-refractivity contribution is 5.49. The van der Waals surface area contributed by atoms with Gasteiger partial charge in [0.05, 0.1) is 0 Å². The van der Waals surface area contributed by atoms with E-state index in [0.717, 1.165) is 37.6 Å². The topological polar surface area (TPSA) is 70.3 Å². The molecule has 0 saturated carbocycles. The minimum absolute atomic E-state index is 0.0937. The van der Waals surface area contributed by atoms with Crippen molar-refractivity contribution >= 4 is 11.6 Å². The molecule has 6 heteroatoms. The van der Waals surface area contributed by atoms with Crippen molar-refractivity contribution < 1.29 is 0 Å². The van der Waals surface area contributed by atoms with E-state index in [0.29, 0.717) is 11.9 Å². The van der Waals surface area contributed by atoms with Gasteiger partial charge in [0.1, 0.15) is 17.5 Å². The maximum Gasteiger partial charge on any atom is 0.145 e. The Morgan fingerprint density at radius 3 is 2.33 bits per heavy atom. The van der Waals surface area contributed by atoms with E-state index in [1.807, 2.05) is 6.07 Å². The van der Waals surface area contributed by atoms with Crippen LogP contribution in [0.4, 0.5) is 11.6 Å². The fraction of sp³-hybridized carbons (Fsp3) is 0.733. The molecule has 2 heterocycles. The van der Waals surface area contributed by atoms with E-state index in [1.54, 1.807) is 0 Å². The molecule has 0 amide bonds. The average molecular weight is 292 g/mol. The molecule has 1 aliphatic heterocycles. The minimum Gasteiger partial charge on any atom is -0.356 e. The lowest BCUT2D eigenvalue weighted by molar-refractivity contribution is 0.249. The van der Waals surface area contributed by atoms with Gasteiger partial charge in [-0.2, -0.15) is 0 Å². The number of anilines is 2. The van der Waals surface area contributed by atoms with E-state index in [4.69, 9.17) is 10.8 Å². The third-order valence-electron chi connectivity index (χ3n) is 4.05. The molecule has 1 aromatic rings. The van der Waals surface area contributed by atoms with Crippen molar-refractivity contribution in [2.45, 2.75) is 45.1 Å². The number of hydrogen-bond acceptors (Lipinski definition) is 6. The highest BCUT2D eigenvalue weighted by Crippen LogP contribution is 2.26. The zero-order valence-corrected chi connectivity index (χ0v) is 13.8. The third-order valence-corrected chi connectivity index (χ3v) is 4.05. The monoisotopic (exact) mass is 292 g/mol. The Balaban J connectivity index is 2.20. The van der Waals surface area contributed by atoms with Crippen LogP contribution in [0, 0.1) is 0 Å². The number of nitrogens with one attached hydrogen (secondary N) is 1. The maximum atomic E-state index is 5.56. The molecular formula is C15H28N6. The standard InChI is InChI=1S/C15H28N6/c1-15(2,3)14-17-12(19-16)10-13(18-14)21-8-6-11(7-9-21)20(4)5/h10-11H,6-9,16H2,1-5H3,(H,17,18,19). The highest BCUT2D eigenvalue weighted by Gasteiger charge is 2.24. The molecular weight excluding hydrogens is 264 g/mol. The molecule has 0 bridgehead atoms. The smallest absolute Gasteiger partial charge is 0.145 e. The summed E-state index contributed by atoms with van der Waals surface area (Å²) in [6.45, 7) is 8.39. The molecule has 0 unspecified atom stereocenters. The van der Waals surface area contributed by atoms with Gasteiger partial charge in [-0.15, -0.1) is 0 Å². The Morgan fingerprint density at radius 1 is 1.24 bits per heavy atom.